The Balaban J connectivity index is 0.000000273. The molecule has 0 saturated heterocycles. The smallest absolute Gasteiger partial charge is 0.264 e. The van der Waals surface area contributed by atoms with Crippen LogP contribution >= 0.6 is 0 Å². The van der Waals surface area contributed by atoms with E-state index in [1.807, 2.05) is 24.4 Å². The Bertz CT molecular complexity index is 729. The third-order valence-electron chi connectivity index (χ3n) is 3.61. The van der Waals surface area contributed by atoms with Gasteiger partial charge in [-0.15, -0.1) is 0 Å². The molecule has 0 amide bonds. The molecule has 6 nitrogen and oxygen atoms in total. The second-order valence-electron chi connectivity index (χ2n) is 5.77. The first kappa shape index (κ1) is 22.2. The van der Waals surface area contributed by atoms with Crippen molar-refractivity contribution in [3.63, 3.8) is 0 Å². The predicted octanol–water partition coefficient (Wildman–Crippen LogP) is 2.34. The maximum Gasteiger partial charge on any atom is 0.264 e. The molecule has 0 radical (unpaired) electrons. The normalized spacial score (nSPS) is 10.9. The second kappa shape index (κ2) is 11.7. The van der Waals surface area contributed by atoms with Crippen LogP contribution in [0.1, 0.15) is 36.4 Å². The summed E-state index contributed by atoms with van der Waals surface area (Å²) in [4.78, 5) is 8.37. The van der Waals surface area contributed by atoms with Crippen LogP contribution in [0.15, 0.2) is 36.7 Å². The molecule has 144 valence electrons. The summed E-state index contributed by atoms with van der Waals surface area (Å²) < 4.78 is 26.0. The average Bonchev–Trinajstić information content (AvgIpc) is 2.63. The van der Waals surface area contributed by atoms with Crippen LogP contribution in [0.5, 0.6) is 0 Å². The Hall–Kier alpha value is -1.83. The van der Waals surface area contributed by atoms with E-state index in [1.165, 1.54) is 11.1 Å². The first-order valence-corrected chi connectivity index (χ1v) is 10.5. The Morgan fingerprint density at radius 3 is 1.77 bits per heavy atom. The highest BCUT2D eigenvalue weighted by Gasteiger charge is 2.02. The fraction of sp³-hybridized carbons (Fsp3) is 0.474. The summed E-state index contributed by atoms with van der Waals surface area (Å²) in [5.74, 6) is 0. The molecule has 0 aliphatic rings. The van der Waals surface area contributed by atoms with Gasteiger partial charge in [0.2, 0.25) is 0 Å². The maximum absolute atomic E-state index is 10.7. The summed E-state index contributed by atoms with van der Waals surface area (Å²) in [6.07, 6.45) is 7.85. The van der Waals surface area contributed by atoms with Crippen LogP contribution in [0.4, 0.5) is 0 Å². The number of rotatable bonds is 8. The van der Waals surface area contributed by atoms with Crippen LogP contribution in [0, 0.1) is 0 Å². The third kappa shape index (κ3) is 9.60. The van der Waals surface area contributed by atoms with Crippen molar-refractivity contribution >= 4 is 10.1 Å². The monoisotopic (exact) mass is 380 g/mol. The van der Waals surface area contributed by atoms with E-state index < -0.39 is 10.1 Å². The van der Waals surface area contributed by atoms with Crippen molar-refractivity contribution < 1.29 is 17.7 Å². The standard InChI is InChI=1S/C10H15NO3S.C9H13NO/c1-3-9-4-5-10(11-8-9)6-7-14-15(2,12)13;1-2-8-3-4-9(5-6-11)10-7-8/h4-5,8H,3,6-7H2,1-2H3;3-4,7,11H,2,5-6H2,1H3. The van der Waals surface area contributed by atoms with E-state index in [9.17, 15) is 8.42 Å². The van der Waals surface area contributed by atoms with Crippen molar-refractivity contribution in [2.45, 2.75) is 39.5 Å². The van der Waals surface area contributed by atoms with E-state index in [2.05, 4.69) is 34.1 Å². The zero-order valence-corrected chi connectivity index (χ0v) is 16.5. The van der Waals surface area contributed by atoms with Gasteiger partial charge in [-0.25, -0.2) is 0 Å². The van der Waals surface area contributed by atoms with Crippen molar-refractivity contribution in [2.75, 3.05) is 19.5 Å². The first-order chi connectivity index (χ1) is 12.4. The summed E-state index contributed by atoms with van der Waals surface area (Å²) in [6.45, 7) is 4.49. The van der Waals surface area contributed by atoms with E-state index >= 15 is 0 Å². The number of nitrogens with zero attached hydrogens (tertiary/aromatic N) is 2. The molecule has 2 rings (SSSR count). The Kier molecular flexibility index (Phi) is 10.0. The molecule has 0 aliphatic carbocycles. The fourth-order valence-corrected chi connectivity index (χ4v) is 2.42. The van der Waals surface area contributed by atoms with Gasteiger partial charge in [-0.2, -0.15) is 8.42 Å². The van der Waals surface area contributed by atoms with E-state index in [4.69, 9.17) is 5.11 Å². The van der Waals surface area contributed by atoms with E-state index in [1.54, 1.807) is 6.20 Å². The topological polar surface area (TPSA) is 89.4 Å². The average molecular weight is 381 g/mol. The zero-order chi connectivity index (χ0) is 19.4. The van der Waals surface area contributed by atoms with E-state index in [-0.39, 0.29) is 13.2 Å². The Morgan fingerprint density at radius 1 is 0.923 bits per heavy atom. The number of pyridine rings is 2. The molecule has 0 unspecified atom stereocenters. The lowest BCUT2D eigenvalue weighted by Gasteiger charge is -2.02. The molecule has 0 aromatic carbocycles. The Morgan fingerprint density at radius 2 is 1.42 bits per heavy atom. The number of aliphatic hydroxyl groups is 1. The second-order valence-corrected chi connectivity index (χ2v) is 7.42. The van der Waals surface area contributed by atoms with Crippen molar-refractivity contribution in [1.82, 2.24) is 9.97 Å². The van der Waals surface area contributed by atoms with Gasteiger partial charge in [-0.1, -0.05) is 26.0 Å². The quantitative estimate of drug-likeness (QED) is 0.707. The van der Waals surface area contributed by atoms with Crippen LogP contribution in [0.3, 0.4) is 0 Å². The van der Waals surface area contributed by atoms with Crippen molar-refractivity contribution in [2.24, 2.45) is 0 Å². The van der Waals surface area contributed by atoms with Crippen molar-refractivity contribution in [1.29, 1.82) is 0 Å². The zero-order valence-electron chi connectivity index (χ0n) is 15.7. The number of aliphatic hydroxyl groups excluding tert-OH is 1. The molecule has 2 aromatic heterocycles. The Labute approximate surface area is 156 Å². The van der Waals surface area contributed by atoms with Gasteiger partial charge in [-0.05, 0) is 36.1 Å². The first-order valence-electron chi connectivity index (χ1n) is 8.70. The van der Waals surface area contributed by atoms with Gasteiger partial charge in [0.25, 0.3) is 10.1 Å². The van der Waals surface area contributed by atoms with Crippen molar-refractivity contribution in [3.05, 3.63) is 59.2 Å². The molecule has 0 spiro atoms. The maximum atomic E-state index is 10.7. The lowest BCUT2D eigenvalue weighted by atomic mass is 10.2. The number of aromatic nitrogens is 2. The lowest BCUT2D eigenvalue weighted by molar-refractivity contribution is 0.298. The summed E-state index contributed by atoms with van der Waals surface area (Å²) in [5, 5.41) is 8.61. The van der Waals surface area contributed by atoms with Crippen LogP contribution in [-0.4, -0.2) is 43.0 Å². The third-order valence-corrected chi connectivity index (χ3v) is 4.21. The molecule has 0 atom stereocenters. The largest absolute Gasteiger partial charge is 0.396 e. The molecule has 0 fully saturated rings. The van der Waals surface area contributed by atoms with Gasteiger partial charge in [0.1, 0.15) is 0 Å². The molecule has 26 heavy (non-hydrogen) atoms. The number of hydrogen-bond acceptors (Lipinski definition) is 6. The minimum atomic E-state index is -3.33. The van der Waals surface area contributed by atoms with Crippen LogP contribution in [-0.2, 0) is 40.0 Å². The highest BCUT2D eigenvalue weighted by molar-refractivity contribution is 7.85. The van der Waals surface area contributed by atoms with Crippen LogP contribution < -0.4 is 0 Å². The van der Waals surface area contributed by atoms with Gasteiger partial charge in [-0.3, -0.25) is 14.2 Å². The molecule has 0 aliphatic heterocycles. The van der Waals surface area contributed by atoms with Gasteiger partial charge < -0.3 is 5.11 Å². The summed E-state index contributed by atoms with van der Waals surface area (Å²) in [5.41, 5.74) is 4.22. The van der Waals surface area contributed by atoms with Gasteiger partial charge in [0.05, 0.1) is 12.9 Å². The number of hydrogen-bond donors (Lipinski definition) is 1. The summed E-state index contributed by atoms with van der Waals surface area (Å²) in [6, 6.07) is 7.90. The van der Waals surface area contributed by atoms with Crippen LogP contribution in [0.25, 0.3) is 0 Å². The predicted molar refractivity (Wildman–Crippen MR) is 103 cm³/mol. The minimum absolute atomic E-state index is 0.150. The molecule has 1 N–H and O–H groups in total. The highest BCUT2D eigenvalue weighted by Crippen LogP contribution is 2.03. The van der Waals surface area contributed by atoms with E-state index in [0.29, 0.717) is 12.8 Å². The molecular weight excluding hydrogens is 352 g/mol. The summed E-state index contributed by atoms with van der Waals surface area (Å²) in [7, 11) is -3.33. The summed E-state index contributed by atoms with van der Waals surface area (Å²) >= 11 is 0. The molecular formula is C19H28N2O4S. The van der Waals surface area contributed by atoms with Crippen molar-refractivity contribution in [3.8, 4) is 0 Å². The van der Waals surface area contributed by atoms with Gasteiger partial charge in [0, 0.05) is 43.2 Å². The molecule has 7 heteroatoms. The highest BCUT2D eigenvalue weighted by atomic mass is 32.2. The fourth-order valence-electron chi connectivity index (χ4n) is 2.04. The van der Waals surface area contributed by atoms with Gasteiger partial charge >= 0.3 is 0 Å². The van der Waals surface area contributed by atoms with Crippen LogP contribution in [0.2, 0.25) is 0 Å². The van der Waals surface area contributed by atoms with Gasteiger partial charge in [0.15, 0.2) is 0 Å². The SMILES string of the molecule is CCc1ccc(CCO)nc1.CCc1ccc(CCOS(C)(=O)=O)nc1. The minimum Gasteiger partial charge on any atom is -0.396 e. The molecule has 2 aromatic rings. The molecule has 0 saturated carbocycles. The molecule has 0 bridgehead atoms. The van der Waals surface area contributed by atoms with E-state index in [0.717, 1.165) is 30.5 Å². The number of aryl methyl sites for hydroxylation is 2. The molecule has 2 heterocycles. The lowest BCUT2D eigenvalue weighted by Crippen LogP contribution is -2.07.